The molecular weight excluding hydrogens is 278 g/mol. The third-order valence-electron chi connectivity index (χ3n) is 2.93. The van der Waals surface area contributed by atoms with Gasteiger partial charge in [-0.05, 0) is 25.1 Å². The maximum Gasteiger partial charge on any atom is 0.243 e. The van der Waals surface area contributed by atoms with Gasteiger partial charge in [-0.2, -0.15) is 4.31 Å². The molecule has 1 aromatic carbocycles. The van der Waals surface area contributed by atoms with E-state index < -0.39 is 10.0 Å². The van der Waals surface area contributed by atoms with E-state index in [4.69, 9.17) is 4.42 Å². The quantitative estimate of drug-likeness (QED) is 0.793. The molecule has 0 spiro atoms. The molecule has 2 aromatic rings. The van der Waals surface area contributed by atoms with Gasteiger partial charge in [0.05, 0.1) is 17.4 Å². The number of carbonyl (C=O) groups is 1. The summed E-state index contributed by atoms with van der Waals surface area (Å²) in [5, 5.41) is 0. The summed E-state index contributed by atoms with van der Waals surface area (Å²) in [5.41, 5.74) is 1.14. The molecule has 1 aromatic heterocycles. The van der Waals surface area contributed by atoms with E-state index in [0.29, 0.717) is 5.56 Å². The summed E-state index contributed by atoms with van der Waals surface area (Å²) in [4.78, 5) is 11.4. The summed E-state index contributed by atoms with van der Waals surface area (Å²) in [6.45, 7) is 1.62. The second kappa shape index (κ2) is 5.60. The highest BCUT2D eigenvalue weighted by Crippen LogP contribution is 2.18. The Kier molecular flexibility index (Phi) is 4.06. The van der Waals surface area contributed by atoms with E-state index in [9.17, 15) is 13.2 Å². The van der Waals surface area contributed by atoms with E-state index >= 15 is 0 Å². The van der Waals surface area contributed by atoms with Crippen LogP contribution in [0.3, 0.4) is 0 Å². The predicted octanol–water partition coefficient (Wildman–Crippen LogP) is 2.30. The van der Waals surface area contributed by atoms with Gasteiger partial charge in [-0.1, -0.05) is 12.1 Å². The second-order valence-corrected chi connectivity index (χ2v) is 6.52. The zero-order valence-electron chi connectivity index (χ0n) is 11.2. The number of rotatable bonds is 5. The van der Waals surface area contributed by atoms with Gasteiger partial charge in [0.25, 0.3) is 0 Å². The van der Waals surface area contributed by atoms with Gasteiger partial charge in [0, 0.05) is 24.7 Å². The van der Waals surface area contributed by atoms with Crippen molar-refractivity contribution in [1.82, 2.24) is 4.31 Å². The van der Waals surface area contributed by atoms with E-state index in [0.717, 1.165) is 5.56 Å². The summed E-state index contributed by atoms with van der Waals surface area (Å²) < 4.78 is 31.0. The number of hydrogen-bond donors (Lipinski definition) is 0. The number of nitrogens with zero attached hydrogens (tertiary/aromatic N) is 1. The minimum Gasteiger partial charge on any atom is -0.472 e. The van der Waals surface area contributed by atoms with Crippen molar-refractivity contribution >= 4 is 15.8 Å². The Balaban J connectivity index is 2.29. The third kappa shape index (κ3) is 2.97. The van der Waals surface area contributed by atoms with Crippen LogP contribution in [0.15, 0.2) is 52.2 Å². The number of Topliss-reactive ketones (excluding diaryl/α,β-unsaturated/α-hetero) is 1. The molecule has 5 nitrogen and oxygen atoms in total. The zero-order valence-corrected chi connectivity index (χ0v) is 12.1. The van der Waals surface area contributed by atoms with E-state index in [2.05, 4.69) is 0 Å². The lowest BCUT2D eigenvalue weighted by molar-refractivity contribution is 0.101. The largest absolute Gasteiger partial charge is 0.472 e. The van der Waals surface area contributed by atoms with Crippen LogP contribution in [0.1, 0.15) is 22.8 Å². The summed E-state index contributed by atoms with van der Waals surface area (Å²) >= 11 is 0. The highest BCUT2D eigenvalue weighted by molar-refractivity contribution is 7.89. The monoisotopic (exact) mass is 293 g/mol. The van der Waals surface area contributed by atoms with E-state index in [-0.39, 0.29) is 17.2 Å². The van der Waals surface area contributed by atoms with Crippen molar-refractivity contribution in [2.75, 3.05) is 7.05 Å². The molecule has 0 radical (unpaired) electrons. The standard InChI is InChI=1S/C14H15NO4S/c1-11(16)13-4-3-5-14(8-13)20(17,18)15(2)9-12-6-7-19-10-12/h3-8,10H,9H2,1-2H3. The average molecular weight is 293 g/mol. The molecule has 0 N–H and O–H groups in total. The van der Waals surface area contributed by atoms with Crippen LogP contribution in [-0.2, 0) is 16.6 Å². The molecule has 2 rings (SSSR count). The van der Waals surface area contributed by atoms with Crippen LogP contribution >= 0.6 is 0 Å². The van der Waals surface area contributed by atoms with Crippen molar-refractivity contribution < 1.29 is 17.6 Å². The first-order chi connectivity index (χ1) is 9.41. The van der Waals surface area contributed by atoms with Crippen LogP contribution in [0.5, 0.6) is 0 Å². The molecule has 0 saturated carbocycles. The van der Waals surface area contributed by atoms with E-state index in [1.54, 1.807) is 18.2 Å². The van der Waals surface area contributed by atoms with Gasteiger partial charge in [-0.15, -0.1) is 0 Å². The lowest BCUT2D eigenvalue weighted by Crippen LogP contribution is -2.26. The third-order valence-corrected chi connectivity index (χ3v) is 4.73. The minimum atomic E-state index is -3.63. The van der Waals surface area contributed by atoms with Crippen LogP contribution in [0.25, 0.3) is 0 Å². The topological polar surface area (TPSA) is 67.6 Å². The van der Waals surface area contributed by atoms with Crippen molar-refractivity contribution in [3.63, 3.8) is 0 Å². The SMILES string of the molecule is CC(=O)c1cccc(S(=O)(=O)N(C)Cc2ccoc2)c1. The van der Waals surface area contributed by atoms with Gasteiger partial charge in [-0.25, -0.2) is 8.42 Å². The molecule has 0 unspecified atom stereocenters. The number of carbonyl (C=O) groups excluding carboxylic acids is 1. The van der Waals surface area contributed by atoms with Gasteiger partial charge >= 0.3 is 0 Å². The summed E-state index contributed by atoms with van der Waals surface area (Å²) in [5.74, 6) is -0.167. The van der Waals surface area contributed by atoms with E-state index in [1.165, 1.54) is 42.9 Å². The normalized spacial score (nSPS) is 11.8. The average Bonchev–Trinajstić information content (AvgIpc) is 2.91. The number of furan rings is 1. The molecular formula is C14H15NO4S. The van der Waals surface area contributed by atoms with Gasteiger partial charge < -0.3 is 4.42 Å². The van der Waals surface area contributed by atoms with Gasteiger partial charge in [0.1, 0.15) is 0 Å². The Morgan fingerprint density at radius 2 is 2.05 bits per heavy atom. The second-order valence-electron chi connectivity index (χ2n) is 4.48. The lowest BCUT2D eigenvalue weighted by Gasteiger charge is -2.16. The molecule has 0 amide bonds. The molecule has 6 heteroatoms. The predicted molar refractivity (Wildman–Crippen MR) is 73.8 cm³/mol. The van der Waals surface area contributed by atoms with Crippen LogP contribution in [0, 0.1) is 0 Å². The number of sulfonamides is 1. The van der Waals surface area contributed by atoms with Gasteiger partial charge in [-0.3, -0.25) is 4.79 Å². The smallest absolute Gasteiger partial charge is 0.243 e. The highest BCUT2D eigenvalue weighted by atomic mass is 32.2. The van der Waals surface area contributed by atoms with Crippen molar-refractivity contribution in [1.29, 1.82) is 0 Å². The first kappa shape index (κ1) is 14.5. The van der Waals surface area contributed by atoms with Crippen molar-refractivity contribution in [2.45, 2.75) is 18.4 Å². The Morgan fingerprint density at radius 1 is 1.30 bits per heavy atom. The van der Waals surface area contributed by atoms with Gasteiger partial charge in [0.15, 0.2) is 5.78 Å². The fourth-order valence-electron chi connectivity index (χ4n) is 1.78. The fraction of sp³-hybridized carbons (Fsp3) is 0.214. The van der Waals surface area contributed by atoms with E-state index in [1.807, 2.05) is 0 Å². The first-order valence-electron chi connectivity index (χ1n) is 5.99. The van der Waals surface area contributed by atoms with Crippen LogP contribution in [0.2, 0.25) is 0 Å². The maximum absolute atomic E-state index is 12.4. The number of ketones is 1. The van der Waals surface area contributed by atoms with Gasteiger partial charge in [0.2, 0.25) is 10.0 Å². The van der Waals surface area contributed by atoms with Crippen molar-refractivity contribution in [2.24, 2.45) is 0 Å². The summed E-state index contributed by atoms with van der Waals surface area (Å²) in [6.07, 6.45) is 2.99. The van der Waals surface area contributed by atoms with Crippen molar-refractivity contribution in [3.8, 4) is 0 Å². The van der Waals surface area contributed by atoms with Crippen molar-refractivity contribution in [3.05, 3.63) is 54.0 Å². The Hall–Kier alpha value is -1.92. The molecule has 1 heterocycles. The molecule has 0 fully saturated rings. The first-order valence-corrected chi connectivity index (χ1v) is 7.43. The Bertz CT molecular complexity index is 705. The zero-order chi connectivity index (χ0) is 14.8. The molecule has 20 heavy (non-hydrogen) atoms. The Morgan fingerprint density at radius 3 is 2.65 bits per heavy atom. The lowest BCUT2D eigenvalue weighted by atomic mass is 10.2. The highest BCUT2D eigenvalue weighted by Gasteiger charge is 2.21. The molecule has 0 bridgehead atoms. The molecule has 0 aliphatic carbocycles. The summed E-state index contributed by atoms with van der Waals surface area (Å²) in [7, 11) is -2.14. The Labute approximate surface area is 117 Å². The number of hydrogen-bond acceptors (Lipinski definition) is 4. The number of benzene rings is 1. The van der Waals surface area contributed by atoms with Crippen LogP contribution < -0.4 is 0 Å². The van der Waals surface area contributed by atoms with Crippen LogP contribution in [-0.4, -0.2) is 25.6 Å². The molecule has 0 aliphatic rings. The molecule has 106 valence electrons. The minimum absolute atomic E-state index is 0.108. The maximum atomic E-state index is 12.4. The molecule has 0 atom stereocenters. The summed E-state index contributed by atoms with van der Waals surface area (Å²) in [6, 6.07) is 7.74. The fourth-order valence-corrected chi connectivity index (χ4v) is 2.99. The van der Waals surface area contributed by atoms with Crippen LogP contribution in [0.4, 0.5) is 0 Å². The molecule has 0 saturated heterocycles. The molecule has 0 aliphatic heterocycles.